The van der Waals surface area contributed by atoms with Crippen LogP contribution in [-0.2, 0) is 4.74 Å². The number of para-hydroxylation sites is 2. The van der Waals surface area contributed by atoms with E-state index in [4.69, 9.17) is 9.15 Å². The van der Waals surface area contributed by atoms with Crippen LogP contribution < -0.4 is 5.01 Å². The molecule has 0 radical (unpaired) electrons. The zero-order chi connectivity index (χ0) is 21.5. The number of rotatable bonds is 7. The molecule has 0 aliphatic rings. The Labute approximate surface area is 181 Å². The van der Waals surface area contributed by atoms with E-state index in [1.165, 1.54) is 0 Å². The van der Waals surface area contributed by atoms with Crippen LogP contribution in [0.3, 0.4) is 0 Å². The van der Waals surface area contributed by atoms with Gasteiger partial charge >= 0.3 is 5.97 Å². The zero-order valence-corrected chi connectivity index (χ0v) is 17.1. The van der Waals surface area contributed by atoms with Crippen molar-refractivity contribution in [2.75, 3.05) is 11.6 Å². The first-order chi connectivity index (χ1) is 15.2. The predicted molar refractivity (Wildman–Crippen MR) is 123 cm³/mol. The first-order valence-corrected chi connectivity index (χ1v) is 10.1. The highest BCUT2D eigenvalue weighted by Crippen LogP contribution is 2.26. The summed E-state index contributed by atoms with van der Waals surface area (Å²) in [6.45, 7) is 2.14. The smallest absolute Gasteiger partial charge is 0.338 e. The molecule has 154 valence electrons. The lowest BCUT2D eigenvalue weighted by Crippen LogP contribution is -2.08. The van der Waals surface area contributed by atoms with Crippen molar-refractivity contribution in [2.45, 2.75) is 6.92 Å². The van der Waals surface area contributed by atoms with E-state index in [2.05, 4.69) is 5.10 Å². The summed E-state index contributed by atoms with van der Waals surface area (Å²) < 4.78 is 11.0. The summed E-state index contributed by atoms with van der Waals surface area (Å²) in [5.74, 6) is 0.993. The lowest BCUT2D eigenvalue weighted by Gasteiger charge is -2.18. The fraction of sp³-hybridized carbons (Fsp3) is 0.0769. The number of anilines is 2. The van der Waals surface area contributed by atoms with Crippen molar-refractivity contribution in [1.29, 1.82) is 0 Å². The van der Waals surface area contributed by atoms with Crippen LogP contribution in [0.4, 0.5) is 11.4 Å². The van der Waals surface area contributed by atoms with Crippen LogP contribution in [0.15, 0.2) is 107 Å². The highest BCUT2D eigenvalue weighted by Gasteiger charge is 2.10. The van der Waals surface area contributed by atoms with Crippen molar-refractivity contribution in [2.24, 2.45) is 5.10 Å². The zero-order valence-electron chi connectivity index (χ0n) is 17.1. The monoisotopic (exact) mass is 410 g/mol. The molecule has 0 unspecified atom stereocenters. The fourth-order valence-electron chi connectivity index (χ4n) is 3.10. The van der Waals surface area contributed by atoms with Crippen molar-refractivity contribution >= 4 is 23.6 Å². The van der Waals surface area contributed by atoms with Gasteiger partial charge in [0, 0.05) is 5.56 Å². The number of carbonyl (C=O) groups excluding carboxylic acids is 1. The molecular weight excluding hydrogens is 388 g/mol. The van der Waals surface area contributed by atoms with E-state index in [1.807, 2.05) is 89.9 Å². The third kappa shape index (κ3) is 4.90. The number of hydrazone groups is 1. The minimum atomic E-state index is -0.330. The molecule has 1 heterocycles. The fourth-order valence-corrected chi connectivity index (χ4v) is 3.10. The van der Waals surface area contributed by atoms with Crippen LogP contribution >= 0.6 is 0 Å². The van der Waals surface area contributed by atoms with Gasteiger partial charge in [0.05, 0.1) is 29.8 Å². The van der Waals surface area contributed by atoms with Crippen molar-refractivity contribution < 1.29 is 13.9 Å². The van der Waals surface area contributed by atoms with Gasteiger partial charge in [-0.3, -0.25) is 0 Å². The summed E-state index contributed by atoms with van der Waals surface area (Å²) in [7, 11) is 0. The Morgan fingerprint density at radius 1 is 0.871 bits per heavy atom. The molecule has 31 heavy (non-hydrogen) atoms. The summed E-state index contributed by atoms with van der Waals surface area (Å²) in [5, 5.41) is 6.51. The van der Waals surface area contributed by atoms with Crippen molar-refractivity contribution in [3.05, 3.63) is 108 Å². The van der Waals surface area contributed by atoms with Crippen molar-refractivity contribution in [3.8, 4) is 11.3 Å². The number of furan rings is 1. The Bertz CT molecular complexity index is 1110. The number of carbonyl (C=O) groups is 1. The van der Waals surface area contributed by atoms with Gasteiger partial charge in [-0.1, -0.05) is 48.5 Å². The molecule has 0 aliphatic heterocycles. The molecule has 0 N–H and O–H groups in total. The number of benzene rings is 3. The maximum atomic E-state index is 11.8. The number of hydrogen-bond donors (Lipinski definition) is 0. The van der Waals surface area contributed by atoms with Gasteiger partial charge in [0.15, 0.2) is 0 Å². The molecule has 0 spiro atoms. The molecule has 0 saturated heterocycles. The second-order valence-electron chi connectivity index (χ2n) is 6.73. The predicted octanol–water partition coefficient (Wildman–Crippen LogP) is 6.30. The van der Waals surface area contributed by atoms with E-state index >= 15 is 0 Å². The van der Waals surface area contributed by atoms with E-state index in [9.17, 15) is 4.79 Å². The topological polar surface area (TPSA) is 55.0 Å². The Morgan fingerprint density at radius 3 is 2.06 bits per heavy atom. The number of esters is 1. The van der Waals surface area contributed by atoms with E-state index in [-0.39, 0.29) is 5.97 Å². The lowest BCUT2D eigenvalue weighted by atomic mass is 10.1. The molecule has 1 aromatic heterocycles. The largest absolute Gasteiger partial charge is 0.462 e. The number of hydrogen-bond acceptors (Lipinski definition) is 5. The van der Waals surface area contributed by atoms with Crippen LogP contribution in [0.1, 0.15) is 23.0 Å². The van der Waals surface area contributed by atoms with Gasteiger partial charge in [0.25, 0.3) is 0 Å². The Hall–Kier alpha value is -4.12. The SMILES string of the molecule is CCOC(=O)c1ccc(-c2ccc(/C=N\N(c3ccccc3)c3ccccc3)o2)cc1. The average Bonchev–Trinajstić information content (AvgIpc) is 3.30. The standard InChI is InChI=1S/C26H22N2O3/c1-2-30-26(29)21-15-13-20(14-16-21)25-18-17-24(31-25)19-27-28(22-9-5-3-6-10-22)23-11-7-4-8-12-23/h3-19H,2H2,1H3/b27-19-. The lowest BCUT2D eigenvalue weighted by molar-refractivity contribution is 0.0526. The Balaban J connectivity index is 1.55. The Kier molecular flexibility index (Phi) is 6.24. The maximum Gasteiger partial charge on any atom is 0.338 e. The van der Waals surface area contributed by atoms with Crippen molar-refractivity contribution in [3.63, 3.8) is 0 Å². The van der Waals surface area contributed by atoms with Gasteiger partial charge in [-0.05, 0) is 55.5 Å². The van der Waals surface area contributed by atoms with Gasteiger partial charge in [-0.15, -0.1) is 0 Å². The van der Waals surface area contributed by atoms with Crippen molar-refractivity contribution in [1.82, 2.24) is 0 Å². The van der Waals surface area contributed by atoms with Crippen LogP contribution in [0.5, 0.6) is 0 Å². The molecule has 0 amide bonds. The molecular formula is C26H22N2O3. The summed E-state index contributed by atoms with van der Waals surface area (Å²) in [6.07, 6.45) is 1.69. The third-order valence-electron chi connectivity index (χ3n) is 4.61. The maximum absolute atomic E-state index is 11.8. The molecule has 0 fully saturated rings. The first-order valence-electron chi connectivity index (χ1n) is 10.1. The normalized spacial score (nSPS) is 10.9. The minimum Gasteiger partial charge on any atom is -0.462 e. The molecule has 5 nitrogen and oxygen atoms in total. The van der Waals surface area contributed by atoms with Crippen LogP contribution in [0, 0.1) is 0 Å². The average molecular weight is 410 g/mol. The van der Waals surface area contributed by atoms with Gasteiger partial charge in [0.2, 0.25) is 0 Å². The molecule has 0 bridgehead atoms. The molecule has 0 aliphatic carbocycles. The van der Waals surface area contributed by atoms with Crippen LogP contribution in [-0.4, -0.2) is 18.8 Å². The Morgan fingerprint density at radius 2 is 1.48 bits per heavy atom. The molecule has 5 heteroatoms. The molecule has 0 saturated carbocycles. The van der Waals surface area contributed by atoms with Crippen LogP contribution in [0.25, 0.3) is 11.3 Å². The molecule has 0 atom stereocenters. The molecule has 4 aromatic rings. The molecule has 4 rings (SSSR count). The summed E-state index contributed by atoms with van der Waals surface area (Å²) in [6, 6.07) is 30.8. The quantitative estimate of drug-likeness (QED) is 0.204. The van der Waals surface area contributed by atoms with Gasteiger partial charge < -0.3 is 9.15 Å². The summed E-state index contributed by atoms with van der Waals surface area (Å²) >= 11 is 0. The van der Waals surface area contributed by atoms with E-state index in [0.29, 0.717) is 23.7 Å². The third-order valence-corrected chi connectivity index (χ3v) is 4.61. The summed E-state index contributed by atoms with van der Waals surface area (Å²) in [5.41, 5.74) is 3.29. The number of nitrogens with zero attached hydrogens (tertiary/aromatic N) is 2. The van der Waals surface area contributed by atoms with Gasteiger partial charge in [0.1, 0.15) is 11.5 Å². The van der Waals surface area contributed by atoms with Gasteiger partial charge in [-0.2, -0.15) is 5.10 Å². The first kappa shape index (κ1) is 20.2. The van der Waals surface area contributed by atoms with E-state index in [1.54, 1.807) is 25.3 Å². The molecule has 3 aromatic carbocycles. The second-order valence-corrected chi connectivity index (χ2v) is 6.73. The minimum absolute atomic E-state index is 0.330. The van der Waals surface area contributed by atoms with Gasteiger partial charge in [-0.25, -0.2) is 9.80 Å². The highest BCUT2D eigenvalue weighted by molar-refractivity contribution is 5.90. The van der Waals surface area contributed by atoms with E-state index in [0.717, 1.165) is 16.9 Å². The van der Waals surface area contributed by atoms with E-state index < -0.39 is 0 Å². The summed E-state index contributed by atoms with van der Waals surface area (Å²) in [4.78, 5) is 11.8. The second kappa shape index (κ2) is 9.59. The van der Waals surface area contributed by atoms with Crippen LogP contribution in [0.2, 0.25) is 0 Å². The highest BCUT2D eigenvalue weighted by atomic mass is 16.5. The number of ether oxygens (including phenoxy) is 1.